The number of aryl methyl sites for hydroxylation is 1. The fourth-order valence-electron chi connectivity index (χ4n) is 4.25. The molecule has 5 nitrogen and oxygen atoms in total. The lowest BCUT2D eigenvalue weighted by Gasteiger charge is -2.38. The van der Waals surface area contributed by atoms with E-state index in [0.29, 0.717) is 12.1 Å². The van der Waals surface area contributed by atoms with Crippen molar-refractivity contribution >= 4 is 11.8 Å². The third-order valence-corrected chi connectivity index (χ3v) is 6.35. The molecule has 0 aromatic heterocycles. The van der Waals surface area contributed by atoms with Crippen molar-refractivity contribution in [2.45, 2.75) is 32.5 Å². The minimum atomic E-state index is -0.685. The molecule has 0 saturated heterocycles. The lowest BCUT2D eigenvalue weighted by molar-refractivity contribution is -0.138. The number of ether oxygens (including phenoxy) is 1. The Kier molecular flexibility index (Phi) is 7.30. The van der Waals surface area contributed by atoms with Crippen molar-refractivity contribution in [3.05, 3.63) is 113 Å². The highest BCUT2D eigenvalue weighted by Crippen LogP contribution is 2.29. The first kappa shape index (κ1) is 24.2. The van der Waals surface area contributed by atoms with E-state index in [1.165, 1.54) is 12.1 Å². The van der Waals surface area contributed by atoms with Gasteiger partial charge in [0.15, 0.2) is 0 Å². The minimum absolute atomic E-state index is 0.181. The van der Waals surface area contributed by atoms with E-state index in [-0.39, 0.29) is 30.2 Å². The first-order valence-electron chi connectivity index (χ1n) is 11.6. The lowest BCUT2D eigenvalue weighted by atomic mass is 10.00. The van der Waals surface area contributed by atoms with Crippen molar-refractivity contribution in [3.63, 3.8) is 0 Å². The van der Waals surface area contributed by atoms with Gasteiger partial charge in [0.25, 0.3) is 5.91 Å². The summed E-state index contributed by atoms with van der Waals surface area (Å²) < 4.78 is 18.8. The molecule has 0 aliphatic carbocycles. The number of halogens is 1. The van der Waals surface area contributed by atoms with E-state index >= 15 is 0 Å². The Labute approximate surface area is 205 Å². The molecule has 1 aliphatic rings. The molecule has 180 valence electrons. The number of rotatable bonds is 5. The summed E-state index contributed by atoms with van der Waals surface area (Å²) in [7, 11) is 1.61. The second-order valence-corrected chi connectivity index (χ2v) is 8.74. The van der Waals surface area contributed by atoms with Gasteiger partial charge >= 0.3 is 0 Å². The molecule has 6 heteroatoms. The van der Waals surface area contributed by atoms with E-state index in [4.69, 9.17) is 4.74 Å². The lowest BCUT2D eigenvalue weighted by Crippen LogP contribution is -2.51. The van der Waals surface area contributed by atoms with Crippen LogP contribution in [0.4, 0.5) is 4.39 Å². The van der Waals surface area contributed by atoms with Crippen LogP contribution in [0.1, 0.15) is 40.0 Å². The predicted molar refractivity (Wildman–Crippen MR) is 134 cm³/mol. The number of nitrogens with zero attached hydrogens (tertiary/aromatic N) is 2. The van der Waals surface area contributed by atoms with Crippen molar-refractivity contribution in [1.82, 2.24) is 9.80 Å². The summed E-state index contributed by atoms with van der Waals surface area (Å²) in [4.78, 5) is 30.5. The van der Waals surface area contributed by atoms with Gasteiger partial charge in [0.1, 0.15) is 17.6 Å². The molecular formula is C29H29FN2O3. The average molecular weight is 473 g/mol. The van der Waals surface area contributed by atoms with Crippen LogP contribution in [0, 0.1) is 12.7 Å². The molecule has 35 heavy (non-hydrogen) atoms. The van der Waals surface area contributed by atoms with E-state index in [1.807, 2.05) is 55.5 Å². The van der Waals surface area contributed by atoms with Crippen LogP contribution in [0.15, 0.2) is 84.9 Å². The number of amides is 2. The van der Waals surface area contributed by atoms with Gasteiger partial charge in [-0.25, -0.2) is 4.39 Å². The molecule has 1 heterocycles. The Morgan fingerprint density at radius 3 is 2.29 bits per heavy atom. The monoisotopic (exact) mass is 472 g/mol. The maximum Gasteiger partial charge on any atom is 0.254 e. The van der Waals surface area contributed by atoms with Gasteiger partial charge < -0.3 is 14.5 Å². The topological polar surface area (TPSA) is 49.9 Å². The zero-order valence-corrected chi connectivity index (χ0v) is 20.1. The highest BCUT2D eigenvalue weighted by atomic mass is 19.1. The van der Waals surface area contributed by atoms with Gasteiger partial charge in [0, 0.05) is 18.7 Å². The summed E-state index contributed by atoms with van der Waals surface area (Å²) in [5, 5.41) is 0. The van der Waals surface area contributed by atoms with Crippen LogP contribution < -0.4 is 4.74 Å². The first-order valence-corrected chi connectivity index (χ1v) is 11.6. The van der Waals surface area contributed by atoms with E-state index < -0.39 is 6.04 Å². The van der Waals surface area contributed by atoms with E-state index in [9.17, 15) is 14.0 Å². The molecule has 0 N–H and O–H groups in total. The van der Waals surface area contributed by atoms with Crippen LogP contribution in [-0.4, -0.2) is 41.3 Å². The van der Waals surface area contributed by atoms with Crippen LogP contribution >= 0.6 is 0 Å². The van der Waals surface area contributed by atoms with Gasteiger partial charge in [-0.1, -0.05) is 54.1 Å². The van der Waals surface area contributed by atoms with Crippen molar-refractivity contribution in [1.29, 1.82) is 0 Å². The normalized spacial score (nSPS) is 19.1. The van der Waals surface area contributed by atoms with E-state index in [0.717, 1.165) is 22.4 Å². The summed E-state index contributed by atoms with van der Waals surface area (Å²) in [6.07, 6.45) is 3.88. The fraction of sp³-hybridized carbons (Fsp3) is 0.241. The number of methoxy groups -OCH3 is 1. The fourth-order valence-corrected chi connectivity index (χ4v) is 4.25. The van der Waals surface area contributed by atoms with E-state index in [2.05, 4.69) is 0 Å². The summed E-state index contributed by atoms with van der Waals surface area (Å²) >= 11 is 0. The number of benzene rings is 3. The SMILES string of the molecule is COc1ccc(C2/C=C\CN(C(=O)c3ccc(C)cc3)C(C)C(=O)N2Cc2ccc(F)cc2)cc1. The highest BCUT2D eigenvalue weighted by Gasteiger charge is 2.34. The average Bonchev–Trinajstić information content (AvgIpc) is 2.88. The second kappa shape index (κ2) is 10.6. The molecule has 2 unspecified atom stereocenters. The molecule has 0 fully saturated rings. The molecule has 0 radical (unpaired) electrons. The van der Waals surface area contributed by atoms with Gasteiger partial charge in [0.2, 0.25) is 5.91 Å². The molecule has 3 aromatic carbocycles. The summed E-state index contributed by atoms with van der Waals surface area (Å²) in [5.41, 5.74) is 3.32. The van der Waals surface area contributed by atoms with Gasteiger partial charge in [0.05, 0.1) is 13.2 Å². The van der Waals surface area contributed by atoms with Crippen molar-refractivity contribution in [3.8, 4) is 5.75 Å². The molecule has 1 aliphatic heterocycles. The van der Waals surface area contributed by atoms with Gasteiger partial charge in [-0.2, -0.15) is 0 Å². The molecule has 2 amide bonds. The number of carbonyl (C=O) groups is 2. The van der Waals surface area contributed by atoms with Crippen LogP contribution in [0.2, 0.25) is 0 Å². The third-order valence-electron chi connectivity index (χ3n) is 6.35. The highest BCUT2D eigenvalue weighted by molar-refractivity contribution is 5.97. The van der Waals surface area contributed by atoms with Crippen LogP contribution in [0.5, 0.6) is 5.75 Å². The summed E-state index contributed by atoms with van der Waals surface area (Å²) in [6.45, 7) is 4.32. The van der Waals surface area contributed by atoms with Crippen LogP contribution in [0.25, 0.3) is 0 Å². The number of hydrogen-bond acceptors (Lipinski definition) is 3. The molecule has 4 rings (SSSR count). The standard InChI is InChI=1S/C29H29FN2O3/c1-20-6-10-24(11-7-20)29(34)31-18-4-5-27(23-12-16-26(35-3)17-13-23)32(28(33)21(31)2)19-22-8-14-25(30)15-9-22/h4-17,21,27H,18-19H2,1-3H3/b5-4-. The smallest absolute Gasteiger partial charge is 0.254 e. The zero-order valence-electron chi connectivity index (χ0n) is 20.1. The first-order chi connectivity index (χ1) is 16.9. The van der Waals surface area contributed by atoms with Gasteiger partial charge in [-0.3, -0.25) is 9.59 Å². The van der Waals surface area contributed by atoms with Crippen molar-refractivity contribution < 1.29 is 18.7 Å². The maximum absolute atomic E-state index is 13.9. The molecule has 2 atom stereocenters. The van der Waals surface area contributed by atoms with Gasteiger partial charge in [-0.15, -0.1) is 0 Å². The summed E-state index contributed by atoms with van der Waals surface area (Å²) in [5.74, 6) is 0.0193. The Bertz CT molecular complexity index is 1200. The Morgan fingerprint density at radius 2 is 1.66 bits per heavy atom. The maximum atomic E-state index is 13.9. The van der Waals surface area contributed by atoms with Crippen LogP contribution in [0.3, 0.4) is 0 Å². The Balaban J connectivity index is 1.70. The summed E-state index contributed by atoms with van der Waals surface area (Å²) in [6, 6.07) is 20.0. The molecule has 0 spiro atoms. The Hall–Kier alpha value is -3.93. The number of carbonyl (C=O) groups excluding carboxylic acids is 2. The minimum Gasteiger partial charge on any atom is -0.497 e. The predicted octanol–water partition coefficient (Wildman–Crippen LogP) is 5.31. The Morgan fingerprint density at radius 1 is 1.00 bits per heavy atom. The quantitative estimate of drug-likeness (QED) is 0.473. The van der Waals surface area contributed by atoms with Crippen molar-refractivity contribution in [2.75, 3.05) is 13.7 Å². The zero-order chi connectivity index (χ0) is 24.9. The van der Waals surface area contributed by atoms with E-state index in [1.54, 1.807) is 48.1 Å². The van der Waals surface area contributed by atoms with Crippen molar-refractivity contribution in [2.24, 2.45) is 0 Å². The molecule has 3 aromatic rings. The second-order valence-electron chi connectivity index (χ2n) is 8.74. The van der Waals surface area contributed by atoms with Gasteiger partial charge in [-0.05, 0) is 61.4 Å². The molecular weight excluding hydrogens is 443 g/mol. The largest absolute Gasteiger partial charge is 0.497 e. The molecule has 0 bridgehead atoms. The third kappa shape index (κ3) is 5.43. The number of hydrogen-bond donors (Lipinski definition) is 0. The molecule has 0 saturated carbocycles. The van der Waals surface area contributed by atoms with Crippen LogP contribution in [-0.2, 0) is 11.3 Å².